The van der Waals surface area contributed by atoms with Crippen LogP contribution >= 0.6 is 0 Å². The zero-order valence-electron chi connectivity index (χ0n) is 13.5. The Morgan fingerprint density at radius 2 is 1.75 bits per heavy atom. The van der Waals surface area contributed by atoms with Crippen molar-refractivity contribution in [2.75, 3.05) is 6.61 Å². The summed E-state index contributed by atoms with van der Waals surface area (Å²) in [5, 5.41) is 0. The largest absolute Gasteiger partial charge is 0.378 e. The van der Waals surface area contributed by atoms with Crippen LogP contribution in [0.25, 0.3) is 0 Å². The van der Waals surface area contributed by atoms with E-state index in [4.69, 9.17) is 10.6 Å². The third kappa shape index (κ3) is 8.93. The van der Waals surface area contributed by atoms with Gasteiger partial charge in [0, 0.05) is 12.6 Å². The second kappa shape index (κ2) is 12.6. The molecule has 0 spiro atoms. The van der Waals surface area contributed by atoms with Crippen LogP contribution in [0.3, 0.4) is 0 Å². The maximum atomic E-state index is 5.80. The van der Waals surface area contributed by atoms with E-state index in [0.29, 0.717) is 12.1 Å². The molecule has 3 N–H and O–H groups in total. The molecule has 0 aliphatic carbocycles. The summed E-state index contributed by atoms with van der Waals surface area (Å²) in [6.45, 7) is 3.22. The highest BCUT2D eigenvalue weighted by atomic mass is 16.5. The van der Waals surface area contributed by atoms with Gasteiger partial charge in [0.25, 0.3) is 0 Å². The molecule has 0 aromatic carbocycles. The lowest BCUT2D eigenvalue weighted by atomic mass is 9.98. The summed E-state index contributed by atoms with van der Waals surface area (Å²) < 4.78 is 5.80. The van der Waals surface area contributed by atoms with Crippen LogP contribution in [-0.4, -0.2) is 18.8 Å². The molecule has 3 nitrogen and oxygen atoms in total. The van der Waals surface area contributed by atoms with Crippen molar-refractivity contribution in [3.63, 3.8) is 0 Å². The second-order valence-electron chi connectivity index (χ2n) is 6.35. The lowest BCUT2D eigenvalue weighted by Gasteiger charge is -2.26. The van der Waals surface area contributed by atoms with Crippen LogP contribution < -0.4 is 11.3 Å². The first-order valence-corrected chi connectivity index (χ1v) is 8.94. The lowest BCUT2D eigenvalue weighted by Crippen LogP contribution is -2.39. The minimum atomic E-state index is 0.443. The van der Waals surface area contributed by atoms with Crippen molar-refractivity contribution in [2.24, 2.45) is 5.84 Å². The number of nitrogens with one attached hydrogen (secondary N) is 1. The smallest absolute Gasteiger partial charge is 0.0590 e. The summed E-state index contributed by atoms with van der Waals surface area (Å²) in [6.07, 6.45) is 17.5. The van der Waals surface area contributed by atoms with Crippen LogP contribution in [0.1, 0.15) is 90.4 Å². The van der Waals surface area contributed by atoms with Gasteiger partial charge >= 0.3 is 0 Å². The van der Waals surface area contributed by atoms with Crippen LogP contribution in [0.4, 0.5) is 0 Å². The van der Waals surface area contributed by atoms with Gasteiger partial charge in [0.15, 0.2) is 0 Å². The molecule has 0 aromatic rings. The van der Waals surface area contributed by atoms with Gasteiger partial charge < -0.3 is 4.74 Å². The molecule has 20 heavy (non-hydrogen) atoms. The summed E-state index contributed by atoms with van der Waals surface area (Å²) in [5.74, 6) is 5.68. The van der Waals surface area contributed by atoms with E-state index in [1.807, 2.05) is 0 Å². The quantitative estimate of drug-likeness (QED) is 0.319. The van der Waals surface area contributed by atoms with E-state index >= 15 is 0 Å². The lowest BCUT2D eigenvalue weighted by molar-refractivity contribution is 0.00455. The number of rotatable bonds is 12. The molecule has 120 valence electrons. The average Bonchev–Trinajstić information content (AvgIpc) is 2.49. The van der Waals surface area contributed by atoms with E-state index in [1.165, 1.54) is 77.0 Å². The van der Waals surface area contributed by atoms with Gasteiger partial charge in [0.05, 0.1) is 6.10 Å². The first kappa shape index (κ1) is 17.9. The van der Waals surface area contributed by atoms with Crippen molar-refractivity contribution in [2.45, 2.75) is 103 Å². The predicted molar refractivity (Wildman–Crippen MR) is 86.5 cm³/mol. The molecule has 1 aliphatic rings. The minimum absolute atomic E-state index is 0.443. The van der Waals surface area contributed by atoms with Crippen LogP contribution in [-0.2, 0) is 4.74 Å². The van der Waals surface area contributed by atoms with Gasteiger partial charge in [0.1, 0.15) is 0 Å². The second-order valence-corrected chi connectivity index (χ2v) is 6.35. The molecule has 0 saturated carbocycles. The third-order valence-electron chi connectivity index (χ3n) is 4.46. The van der Waals surface area contributed by atoms with Gasteiger partial charge in [-0.2, -0.15) is 0 Å². The van der Waals surface area contributed by atoms with Crippen molar-refractivity contribution in [1.82, 2.24) is 5.43 Å². The van der Waals surface area contributed by atoms with Crippen molar-refractivity contribution >= 4 is 0 Å². The Morgan fingerprint density at radius 3 is 2.35 bits per heavy atom. The van der Waals surface area contributed by atoms with Gasteiger partial charge in [-0.05, 0) is 32.1 Å². The molecule has 1 saturated heterocycles. The molecule has 3 heteroatoms. The van der Waals surface area contributed by atoms with Crippen molar-refractivity contribution < 1.29 is 4.74 Å². The van der Waals surface area contributed by atoms with E-state index in [-0.39, 0.29) is 0 Å². The minimum Gasteiger partial charge on any atom is -0.378 e. The number of ether oxygens (including phenoxy) is 1. The average molecular weight is 284 g/mol. The molecular formula is C17H36N2O. The molecule has 1 rings (SSSR count). The van der Waals surface area contributed by atoms with Crippen molar-refractivity contribution in [1.29, 1.82) is 0 Å². The number of hydrazine groups is 1. The zero-order valence-corrected chi connectivity index (χ0v) is 13.5. The van der Waals surface area contributed by atoms with Crippen LogP contribution in [0.15, 0.2) is 0 Å². The molecule has 1 aliphatic heterocycles. The highest BCUT2D eigenvalue weighted by Crippen LogP contribution is 2.19. The first-order chi connectivity index (χ1) is 9.86. The molecule has 0 bridgehead atoms. The monoisotopic (exact) mass is 284 g/mol. The Bertz CT molecular complexity index is 205. The SMILES string of the molecule is CCCCCCCCCCC(CC1CCCCO1)NN. The van der Waals surface area contributed by atoms with Gasteiger partial charge in [-0.3, -0.25) is 11.3 Å². The topological polar surface area (TPSA) is 47.3 Å². The van der Waals surface area contributed by atoms with E-state index in [2.05, 4.69) is 12.3 Å². The number of unbranched alkanes of at least 4 members (excludes halogenated alkanes) is 7. The summed E-state index contributed by atoms with van der Waals surface area (Å²) in [7, 11) is 0. The Hall–Kier alpha value is -0.120. The van der Waals surface area contributed by atoms with Crippen LogP contribution in [0, 0.1) is 0 Å². The summed E-state index contributed by atoms with van der Waals surface area (Å²) in [5.41, 5.74) is 2.99. The van der Waals surface area contributed by atoms with Gasteiger partial charge in [0.2, 0.25) is 0 Å². The standard InChI is InChI=1S/C17H36N2O/c1-2-3-4-5-6-7-8-9-12-16(19-18)15-17-13-10-11-14-20-17/h16-17,19H,2-15,18H2,1H3. The van der Waals surface area contributed by atoms with Crippen LogP contribution in [0.5, 0.6) is 0 Å². The fourth-order valence-corrected chi connectivity index (χ4v) is 3.10. The fourth-order valence-electron chi connectivity index (χ4n) is 3.10. The molecule has 0 amide bonds. The van der Waals surface area contributed by atoms with Crippen molar-refractivity contribution in [3.8, 4) is 0 Å². The van der Waals surface area contributed by atoms with Gasteiger partial charge in [-0.1, -0.05) is 58.3 Å². The van der Waals surface area contributed by atoms with Gasteiger partial charge in [-0.15, -0.1) is 0 Å². The maximum Gasteiger partial charge on any atom is 0.0590 e. The Kier molecular flexibility index (Phi) is 11.3. The Labute approximate surface area is 126 Å². The Morgan fingerprint density at radius 1 is 1.05 bits per heavy atom. The van der Waals surface area contributed by atoms with E-state index in [9.17, 15) is 0 Å². The zero-order chi connectivity index (χ0) is 14.5. The molecule has 1 fully saturated rings. The summed E-state index contributed by atoms with van der Waals surface area (Å²) in [6, 6.07) is 0.443. The van der Waals surface area contributed by atoms with Crippen molar-refractivity contribution in [3.05, 3.63) is 0 Å². The highest BCUT2D eigenvalue weighted by Gasteiger charge is 2.18. The van der Waals surface area contributed by atoms with E-state index in [0.717, 1.165) is 13.0 Å². The highest BCUT2D eigenvalue weighted by molar-refractivity contribution is 4.72. The van der Waals surface area contributed by atoms with Gasteiger partial charge in [-0.25, -0.2) is 0 Å². The van der Waals surface area contributed by atoms with Crippen LogP contribution in [0.2, 0.25) is 0 Å². The number of hydrogen-bond acceptors (Lipinski definition) is 3. The van der Waals surface area contributed by atoms with E-state index in [1.54, 1.807) is 0 Å². The fraction of sp³-hybridized carbons (Fsp3) is 1.00. The molecule has 0 radical (unpaired) electrons. The maximum absolute atomic E-state index is 5.80. The molecule has 0 aromatic heterocycles. The normalized spacial score (nSPS) is 21.0. The molecular weight excluding hydrogens is 248 g/mol. The first-order valence-electron chi connectivity index (χ1n) is 8.94. The number of hydrogen-bond donors (Lipinski definition) is 2. The Balaban J connectivity index is 1.94. The number of nitrogens with two attached hydrogens (primary N) is 1. The molecule has 2 atom stereocenters. The third-order valence-corrected chi connectivity index (χ3v) is 4.46. The summed E-state index contributed by atoms with van der Waals surface area (Å²) >= 11 is 0. The molecule has 2 unspecified atom stereocenters. The molecule has 1 heterocycles. The predicted octanol–water partition coefficient (Wildman–Crippen LogP) is 4.31. The summed E-state index contributed by atoms with van der Waals surface area (Å²) in [4.78, 5) is 0. The van der Waals surface area contributed by atoms with E-state index < -0.39 is 0 Å².